The van der Waals surface area contributed by atoms with E-state index in [1.807, 2.05) is 0 Å². The molecule has 0 aromatic carbocycles. The smallest absolute Gasteiger partial charge is 0.0906 e. The number of rotatable bonds is 0. The van der Waals surface area contributed by atoms with Gasteiger partial charge >= 0.3 is 0 Å². The van der Waals surface area contributed by atoms with Crippen molar-refractivity contribution >= 4 is 10.2 Å². The van der Waals surface area contributed by atoms with Crippen LogP contribution in [-0.2, 0) is 0 Å². The molecule has 1 heteroatoms. The average Bonchev–Trinajstić information content (AvgIpc) is 2.22. The second kappa shape index (κ2) is 1.38. The Bertz CT molecular complexity index is 123. The third kappa shape index (κ3) is 1.07. The maximum atomic E-state index is 3.21. The first kappa shape index (κ1) is 4.92. The van der Waals surface area contributed by atoms with Gasteiger partial charge in [0, 0.05) is 5.41 Å². The molecule has 0 aromatic rings. The number of hydrogen-bond donors (Lipinski definition) is 0. The monoisotopic (exact) mass is 110 g/mol. The molecule has 0 heterocycles. The van der Waals surface area contributed by atoms with Crippen molar-refractivity contribution < 1.29 is 0 Å². The van der Waals surface area contributed by atoms with Crippen molar-refractivity contribution in [2.45, 2.75) is 19.8 Å². The summed E-state index contributed by atoms with van der Waals surface area (Å²) in [6.07, 6.45) is 2.67. The van der Waals surface area contributed by atoms with Crippen LogP contribution in [0.2, 0.25) is 0 Å². The van der Waals surface area contributed by atoms with Gasteiger partial charge in [0.05, 0.1) is 10.2 Å². The summed E-state index contributed by atoms with van der Waals surface area (Å²) in [5, 5.41) is 0. The van der Waals surface area contributed by atoms with E-state index in [-0.39, 0.29) is 0 Å². The van der Waals surface area contributed by atoms with E-state index < -0.39 is 0 Å². The van der Waals surface area contributed by atoms with Gasteiger partial charge in [-0.1, -0.05) is 0 Å². The Morgan fingerprint density at radius 1 is 1.57 bits per heavy atom. The van der Waals surface area contributed by atoms with Crippen LogP contribution in [-0.4, -0.2) is 10.2 Å². The minimum absolute atomic E-state index is 0.474. The molecule has 1 fully saturated rings. The van der Waals surface area contributed by atoms with E-state index in [1.165, 1.54) is 12.8 Å². The molecule has 0 saturated heterocycles. The number of hydrogen-bond acceptors (Lipinski definition) is 0. The second-order valence-electron chi connectivity index (χ2n) is 2.44. The maximum Gasteiger partial charge on any atom is 0.0906 e. The van der Waals surface area contributed by atoms with Gasteiger partial charge in [-0.25, -0.2) is 0 Å². The van der Waals surface area contributed by atoms with Crippen LogP contribution < -0.4 is 0 Å². The molecule has 0 nitrogen and oxygen atoms in total. The van der Waals surface area contributed by atoms with Crippen LogP contribution >= 0.6 is 0 Å². The van der Waals surface area contributed by atoms with E-state index in [1.54, 1.807) is 0 Å². The molecular formula is C6H10Si. The second-order valence-corrected chi connectivity index (χ2v) is 2.94. The molecule has 0 aromatic heterocycles. The van der Waals surface area contributed by atoms with Crippen LogP contribution in [0.5, 0.6) is 0 Å². The predicted octanol–water partition coefficient (Wildman–Crippen LogP) is 0.113. The van der Waals surface area contributed by atoms with Gasteiger partial charge in [0.25, 0.3) is 0 Å². The van der Waals surface area contributed by atoms with Gasteiger partial charge in [-0.2, -0.15) is 0 Å². The zero-order valence-electron chi connectivity index (χ0n) is 4.91. The van der Waals surface area contributed by atoms with E-state index in [0.717, 1.165) is 10.2 Å². The van der Waals surface area contributed by atoms with E-state index in [0.29, 0.717) is 5.41 Å². The molecule has 0 aliphatic heterocycles. The molecule has 7 heavy (non-hydrogen) atoms. The van der Waals surface area contributed by atoms with Crippen molar-refractivity contribution in [3.05, 3.63) is 0 Å². The van der Waals surface area contributed by atoms with Crippen LogP contribution in [0.4, 0.5) is 0 Å². The fraction of sp³-hybridized carbons (Fsp3) is 0.667. The molecule has 0 N–H and O–H groups in total. The van der Waals surface area contributed by atoms with E-state index >= 15 is 0 Å². The first-order valence-electron chi connectivity index (χ1n) is 2.71. The highest BCUT2D eigenvalue weighted by Crippen LogP contribution is 2.43. The van der Waals surface area contributed by atoms with Crippen LogP contribution in [0.25, 0.3) is 0 Å². The van der Waals surface area contributed by atoms with Gasteiger partial charge in [0.1, 0.15) is 0 Å². The quantitative estimate of drug-likeness (QED) is 0.307. The standard InChI is InChI=1S/C6H10Si/c1-6(2-3-6)4-5-7/h2-3H2,1,7H3. The van der Waals surface area contributed by atoms with Crippen molar-refractivity contribution in [3.8, 4) is 11.5 Å². The van der Waals surface area contributed by atoms with Crippen molar-refractivity contribution in [3.63, 3.8) is 0 Å². The Kier molecular flexibility index (Phi) is 0.970. The van der Waals surface area contributed by atoms with Crippen molar-refractivity contribution in [2.75, 3.05) is 0 Å². The van der Waals surface area contributed by atoms with Gasteiger partial charge < -0.3 is 0 Å². The molecule has 1 saturated carbocycles. The first-order chi connectivity index (χ1) is 3.27. The molecule has 0 unspecified atom stereocenters. The Hall–Kier alpha value is -0.223. The topological polar surface area (TPSA) is 0 Å². The summed E-state index contributed by atoms with van der Waals surface area (Å²) in [5.74, 6) is 3.21. The van der Waals surface area contributed by atoms with Crippen molar-refractivity contribution in [1.82, 2.24) is 0 Å². The molecule has 0 amide bonds. The van der Waals surface area contributed by atoms with Crippen molar-refractivity contribution in [1.29, 1.82) is 0 Å². The Balaban J connectivity index is 2.50. The van der Waals surface area contributed by atoms with Crippen LogP contribution in [0.1, 0.15) is 19.8 Å². The highest BCUT2D eigenvalue weighted by Gasteiger charge is 2.34. The lowest BCUT2D eigenvalue weighted by molar-refractivity contribution is 0.783. The van der Waals surface area contributed by atoms with Gasteiger partial charge in [0.2, 0.25) is 0 Å². The molecule has 1 rings (SSSR count). The molecule has 1 aliphatic rings. The normalized spacial score (nSPS) is 23.0. The summed E-state index contributed by atoms with van der Waals surface area (Å²) in [4.78, 5) is 0. The third-order valence-electron chi connectivity index (χ3n) is 1.43. The molecule has 0 radical (unpaired) electrons. The lowest BCUT2D eigenvalue weighted by atomic mass is 10.2. The highest BCUT2D eigenvalue weighted by molar-refractivity contribution is 6.22. The lowest BCUT2D eigenvalue weighted by Crippen LogP contribution is -1.83. The van der Waals surface area contributed by atoms with E-state index in [2.05, 4.69) is 18.4 Å². The maximum absolute atomic E-state index is 3.21. The predicted molar refractivity (Wildman–Crippen MR) is 35.1 cm³/mol. The fourth-order valence-corrected chi connectivity index (χ4v) is 1.22. The minimum atomic E-state index is 0.474. The minimum Gasteiger partial charge on any atom is -0.143 e. The molecule has 38 valence electrons. The third-order valence-corrected chi connectivity index (χ3v) is 1.68. The summed E-state index contributed by atoms with van der Waals surface area (Å²) in [7, 11) is 1.05. The molecule has 0 atom stereocenters. The summed E-state index contributed by atoms with van der Waals surface area (Å²) < 4.78 is 0. The van der Waals surface area contributed by atoms with Gasteiger partial charge in [-0.15, -0.1) is 11.5 Å². The zero-order chi connectivity index (χ0) is 5.33. The van der Waals surface area contributed by atoms with E-state index in [4.69, 9.17) is 0 Å². The van der Waals surface area contributed by atoms with Crippen LogP contribution in [0, 0.1) is 16.9 Å². The summed E-state index contributed by atoms with van der Waals surface area (Å²) >= 11 is 0. The Morgan fingerprint density at radius 2 is 2.14 bits per heavy atom. The molecule has 0 bridgehead atoms. The summed E-state index contributed by atoms with van der Waals surface area (Å²) in [6.45, 7) is 2.23. The molecule has 1 aliphatic carbocycles. The summed E-state index contributed by atoms with van der Waals surface area (Å²) in [5.41, 5.74) is 3.53. The van der Waals surface area contributed by atoms with E-state index in [9.17, 15) is 0 Å². The largest absolute Gasteiger partial charge is 0.143 e. The molecular weight excluding hydrogens is 100 g/mol. The van der Waals surface area contributed by atoms with Gasteiger partial charge in [-0.05, 0) is 19.8 Å². The highest BCUT2D eigenvalue weighted by atomic mass is 28.1. The first-order valence-corrected chi connectivity index (χ1v) is 3.71. The fourth-order valence-electron chi connectivity index (χ4n) is 0.614. The lowest BCUT2D eigenvalue weighted by Gasteiger charge is -1.88. The Morgan fingerprint density at radius 3 is 2.29 bits per heavy atom. The van der Waals surface area contributed by atoms with Gasteiger partial charge in [-0.3, -0.25) is 0 Å². The average molecular weight is 110 g/mol. The zero-order valence-corrected chi connectivity index (χ0v) is 6.91. The summed E-state index contributed by atoms with van der Waals surface area (Å²) in [6, 6.07) is 0. The van der Waals surface area contributed by atoms with Crippen molar-refractivity contribution in [2.24, 2.45) is 5.41 Å². The van der Waals surface area contributed by atoms with Crippen LogP contribution in [0.3, 0.4) is 0 Å². The van der Waals surface area contributed by atoms with Gasteiger partial charge in [0.15, 0.2) is 0 Å². The SMILES string of the molecule is CC1(C#C[SiH3])CC1. The Labute approximate surface area is 47.7 Å². The van der Waals surface area contributed by atoms with Crippen LogP contribution in [0.15, 0.2) is 0 Å². The molecule has 0 spiro atoms.